The van der Waals surface area contributed by atoms with Crippen LogP contribution in [0.1, 0.15) is 0 Å². The predicted molar refractivity (Wildman–Crippen MR) is 71.9 cm³/mol. The molecule has 9 heteroatoms. The van der Waals surface area contributed by atoms with E-state index in [0.29, 0.717) is 0 Å². The third-order valence-electron chi connectivity index (χ3n) is 3.00. The highest BCUT2D eigenvalue weighted by atomic mass is 35.5. The molecule has 0 aromatic heterocycles. The van der Waals surface area contributed by atoms with Gasteiger partial charge in [-0.3, -0.25) is 0 Å². The number of carbonyl (C=O) groups excluding carboxylic acids is 1. The summed E-state index contributed by atoms with van der Waals surface area (Å²) < 4.78 is 48.9. The van der Waals surface area contributed by atoms with E-state index in [0.717, 1.165) is 16.4 Å². The Morgan fingerprint density at radius 2 is 2.24 bits per heavy atom. The van der Waals surface area contributed by atoms with Crippen LogP contribution in [0.25, 0.3) is 0 Å². The van der Waals surface area contributed by atoms with Gasteiger partial charge in [-0.05, 0) is 18.2 Å². The number of esters is 1. The van der Waals surface area contributed by atoms with E-state index in [2.05, 4.69) is 4.74 Å². The van der Waals surface area contributed by atoms with Crippen LogP contribution in [0.3, 0.4) is 0 Å². The number of sulfonamides is 1. The first-order valence-corrected chi connectivity index (χ1v) is 7.82. The van der Waals surface area contributed by atoms with E-state index in [9.17, 15) is 17.6 Å². The molecule has 1 unspecified atom stereocenters. The van der Waals surface area contributed by atoms with E-state index in [1.165, 1.54) is 13.2 Å². The average Bonchev–Trinajstić information content (AvgIpc) is 2.49. The molecule has 0 N–H and O–H groups in total. The van der Waals surface area contributed by atoms with Gasteiger partial charge in [-0.1, -0.05) is 11.6 Å². The molecule has 1 fully saturated rings. The standard InChI is InChI=1S/C12H13ClFNO5S/c1-19-12(16)10-7-15(4-5-20-10)21(17,18)11-6-8(14)2-3-9(11)13/h2-3,6,10H,4-5,7H2,1H3. The van der Waals surface area contributed by atoms with Crippen LogP contribution in [-0.4, -0.2) is 51.6 Å². The molecule has 6 nitrogen and oxygen atoms in total. The summed E-state index contributed by atoms with van der Waals surface area (Å²) in [5, 5.41) is -0.0856. The van der Waals surface area contributed by atoms with Crippen LogP contribution >= 0.6 is 11.6 Å². The van der Waals surface area contributed by atoms with Gasteiger partial charge in [0.2, 0.25) is 10.0 Å². The molecule has 0 spiro atoms. The first-order valence-electron chi connectivity index (χ1n) is 6.01. The Labute approximate surface area is 126 Å². The van der Waals surface area contributed by atoms with E-state index >= 15 is 0 Å². The molecule has 0 aliphatic carbocycles. The fourth-order valence-corrected chi connectivity index (χ4v) is 3.84. The topological polar surface area (TPSA) is 72.9 Å². The molecule has 116 valence electrons. The molecule has 1 saturated heterocycles. The predicted octanol–water partition coefficient (Wildman–Crippen LogP) is 1.04. The lowest BCUT2D eigenvalue weighted by molar-refractivity contribution is -0.157. The van der Waals surface area contributed by atoms with Crippen molar-refractivity contribution in [3.05, 3.63) is 29.0 Å². The van der Waals surface area contributed by atoms with Crippen LogP contribution in [0.5, 0.6) is 0 Å². The minimum absolute atomic E-state index is 0.0337. The maximum Gasteiger partial charge on any atom is 0.336 e. The van der Waals surface area contributed by atoms with Crippen molar-refractivity contribution in [2.24, 2.45) is 0 Å². The second-order valence-electron chi connectivity index (χ2n) is 4.32. The Morgan fingerprint density at radius 3 is 2.90 bits per heavy atom. The number of nitrogens with zero attached hydrogens (tertiary/aromatic N) is 1. The van der Waals surface area contributed by atoms with Crippen LogP contribution in [0.4, 0.5) is 4.39 Å². The van der Waals surface area contributed by atoms with Crippen molar-refractivity contribution in [1.29, 1.82) is 0 Å². The van der Waals surface area contributed by atoms with Crippen molar-refractivity contribution in [3.8, 4) is 0 Å². The Balaban J connectivity index is 2.31. The van der Waals surface area contributed by atoms with Crippen molar-refractivity contribution in [3.63, 3.8) is 0 Å². The smallest absolute Gasteiger partial charge is 0.336 e. The molecule has 0 radical (unpaired) electrons. The van der Waals surface area contributed by atoms with Crippen LogP contribution in [0, 0.1) is 5.82 Å². The number of hydrogen-bond acceptors (Lipinski definition) is 5. The SMILES string of the molecule is COC(=O)C1CN(S(=O)(=O)c2cc(F)ccc2Cl)CCO1. The minimum Gasteiger partial charge on any atom is -0.467 e. The minimum atomic E-state index is -4.02. The summed E-state index contributed by atoms with van der Waals surface area (Å²) in [5.41, 5.74) is 0. The maximum absolute atomic E-state index is 13.3. The number of hydrogen-bond donors (Lipinski definition) is 0. The fourth-order valence-electron chi connectivity index (χ4n) is 1.93. The third kappa shape index (κ3) is 3.34. The van der Waals surface area contributed by atoms with Gasteiger partial charge in [0.05, 0.1) is 25.3 Å². The lowest BCUT2D eigenvalue weighted by Gasteiger charge is -2.30. The van der Waals surface area contributed by atoms with Gasteiger partial charge >= 0.3 is 5.97 Å². The first kappa shape index (κ1) is 16.2. The van der Waals surface area contributed by atoms with Gasteiger partial charge in [-0.25, -0.2) is 17.6 Å². The Bertz CT molecular complexity index is 651. The molecule has 2 rings (SSSR count). The van der Waals surface area contributed by atoms with Gasteiger partial charge < -0.3 is 9.47 Å². The highest BCUT2D eigenvalue weighted by Crippen LogP contribution is 2.26. The fraction of sp³-hybridized carbons (Fsp3) is 0.417. The molecule has 1 aliphatic rings. The molecule has 21 heavy (non-hydrogen) atoms. The van der Waals surface area contributed by atoms with Crippen LogP contribution in [-0.2, 0) is 24.3 Å². The van der Waals surface area contributed by atoms with E-state index in [1.807, 2.05) is 0 Å². The summed E-state index contributed by atoms with van der Waals surface area (Å²) in [4.78, 5) is 11.1. The van der Waals surface area contributed by atoms with Crippen molar-refractivity contribution in [1.82, 2.24) is 4.31 Å². The van der Waals surface area contributed by atoms with E-state index in [1.54, 1.807) is 0 Å². The molecule has 0 saturated carbocycles. The summed E-state index contributed by atoms with van der Waals surface area (Å²) in [6, 6.07) is 3.08. The van der Waals surface area contributed by atoms with Crippen LogP contribution in [0.2, 0.25) is 5.02 Å². The molecule has 0 bridgehead atoms. The van der Waals surface area contributed by atoms with Crippen molar-refractivity contribution >= 4 is 27.6 Å². The van der Waals surface area contributed by atoms with Gasteiger partial charge in [-0.2, -0.15) is 4.31 Å². The number of rotatable bonds is 3. The second-order valence-corrected chi connectivity index (χ2v) is 6.63. The number of methoxy groups -OCH3 is 1. The van der Waals surface area contributed by atoms with Gasteiger partial charge in [-0.15, -0.1) is 0 Å². The maximum atomic E-state index is 13.3. The number of ether oxygens (including phenoxy) is 2. The third-order valence-corrected chi connectivity index (χ3v) is 5.35. The second kappa shape index (κ2) is 6.27. The van der Waals surface area contributed by atoms with Crippen molar-refractivity contribution < 1.29 is 27.1 Å². The van der Waals surface area contributed by atoms with Crippen molar-refractivity contribution in [2.75, 3.05) is 26.8 Å². The van der Waals surface area contributed by atoms with E-state index in [4.69, 9.17) is 16.3 Å². The zero-order valence-electron chi connectivity index (χ0n) is 11.1. The molecular formula is C12H13ClFNO5S. The zero-order valence-corrected chi connectivity index (χ0v) is 12.7. The molecule has 1 aromatic carbocycles. The Morgan fingerprint density at radius 1 is 1.52 bits per heavy atom. The first-order chi connectivity index (χ1) is 9.86. The summed E-state index contributed by atoms with van der Waals surface area (Å²) in [6.07, 6.45) is -1.01. The van der Waals surface area contributed by atoms with Gasteiger partial charge in [0.15, 0.2) is 6.10 Å². The average molecular weight is 338 g/mol. The molecule has 1 atom stereocenters. The summed E-state index contributed by atoms with van der Waals surface area (Å²) in [7, 11) is -2.83. The molecular weight excluding hydrogens is 325 g/mol. The molecule has 1 aliphatic heterocycles. The molecule has 1 aromatic rings. The summed E-state index contributed by atoms with van der Waals surface area (Å²) in [5.74, 6) is -1.38. The van der Waals surface area contributed by atoms with Gasteiger partial charge in [0.1, 0.15) is 10.7 Å². The molecule has 0 amide bonds. The largest absolute Gasteiger partial charge is 0.467 e. The highest BCUT2D eigenvalue weighted by molar-refractivity contribution is 7.89. The quantitative estimate of drug-likeness (QED) is 0.771. The number of halogens is 2. The number of benzene rings is 1. The van der Waals surface area contributed by atoms with Gasteiger partial charge in [0.25, 0.3) is 0 Å². The van der Waals surface area contributed by atoms with Gasteiger partial charge in [0, 0.05) is 6.54 Å². The monoisotopic (exact) mass is 337 g/mol. The summed E-state index contributed by atoms with van der Waals surface area (Å²) in [6.45, 7) is -0.129. The van der Waals surface area contributed by atoms with Crippen LogP contribution < -0.4 is 0 Å². The normalized spacial score (nSPS) is 20.2. The highest BCUT2D eigenvalue weighted by Gasteiger charge is 2.35. The Hall–Kier alpha value is -1.22. The molecule has 1 heterocycles. The van der Waals surface area contributed by atoms with E-state index < -0.39 is 27.9 Å². The van der Waals surface area contributed by atoms with Crippen LogP contribution in [0.15, 0.2) is 23.1 Å². The summed E-state index contributed by atoms with van der Waals surface area (Å²) >= 11 is 5.83. The van der Waals surface area contributed by atoms with Crippen molar-refractivity contribution in [2.45, 2.75) is 11.0 Å². The lowest BCUT2D eigenvalue weighted by atomic mass is 10.3. The number of morpholine rings is 1. The Kier molecular flexibility index (Phi) is 4.82. The number of carbonyl (C=O) groups is 1. The van der Waals surface area contributed by atoms with E-state index in [-0.39, 0.29) is 29.6 Å². The zero-order chi connectivity index (χ0) is 15.6. The lowest BCUT2D eigenvalue weighted by Crippen LogP contribution is -2.48.